The Hall–Kier alpha value is -0.200. The van der Waals surface area contributed by atoms with Crippen LogP contribution in [0.3, 0.4) is 0 Å². The molecule has 0 bridgehead atoms. The van der Waals surface area contributed by atoms with Crippen LogP contribution in [0.2, 0.25) is 0 Å². The molecule has 1 rings (SSSR count). The van der Waals surface area contributed by atoms with E-state index in [0.29, 0.717) is 19.0 Å². The molecule has 0 aliphatic heterocycles. The second-order valence-electron chi connectivity index (χ2n) is 4.34. The van der Waals surface area contributed by atoms with Gasteiger partial charge in [0.15, 0.2) is 0 Å². The Bertz CT molecular complexity index is 350. The van der Waals surface area contributed by atoms with E-state index in [2.05, 4.69) is 0 Å². The van der Waals surface area contributed by atoms with Crippen molar-refractivity contribution >= 4 is 27.2 Å². The number of nitrogens with two attached hydrogens (primary N) is 1. The van der Waals surface area contributed by atoms with Gasteiger partial charge in [-0.3, -0.25) is 0 Å². The van der Waals surface area contributed by atoms with Gasteiger partial charge in [-0.15, -0.1) is 0 Å². The molecule has 1 atom stereocenters. The van der Waals surface area contributed by atoms with Crippen molar-refractivity contribution in [2.24, 2.45) is 11.7 Å². The third-order valence-corrected chi connectivity index (χ3v) is 6.02. The summed E-state index contributed by atoms with van der Waals surface area (Å²) in [6.45, 7) is 4.52. The lowest BCUT2D eigenvalue weighted by molar-refractivity contribution is 0.249. The predicted molar refractivity (Wildman–Crippen MR) is 69.8 cm³/mol. The van der Waals surface area contributed by atoms with Gasteiger partial charge in [-0.25, -0.2) is 12.7 Å². The fraction of sp³-hybridized carbons (Fsp3) is 0.900. The molecule has 0 amide bonds. The summed E-state index contributed by atoms with van der Waals surface area (Å²) >= 11 is 4.76. The SMILES string of the molecule is CCN(CC1CCC1)S(=O)(=O)C(C)C(N)=S. The Morgan fingerprint density at radius 3 is 2.44 bits per heavy atom. The molecule has 1 fully saturated rings. The largest absolute Gasteiger partial charge is 0.392 e. The summed E-state index contributed by atoms with van der Waals surface area (Å²) in [6.07, 6.45) is 3.48. The van der Waals surface area contributed by atoms with Gasteiger partial charge in [-0.05, 0) is 25.7 Å². The summed E-state index contributed by atoms with van der Waals surface area (Å²) < 4.78 is 25.8. The molecule has 1 aliphatic rings. The number of thiocarbonyl (C=S) groups is 1. The minimum atomic E-state index is -3.35. The molecule has 1 unspecified atom stereocenters. The van der Waals surface area contributed by atoms with Gasteiger partial charge in [-0.1, -0.05) is 25.6 Å². The number of nitrogens with zero attached hydrogens (tertiary/aromatic N) is 1. The first kappa shape index (κ1) is 13.9. The van der Waals surface area contributed by atoms with Crippen LogP contribution in [-0.4, -0.2) is 36.1 Å². The number of hydrogen-bond acceptors (Lipinski definition) is 3. The van der Waals surface area contributed by atoms with Gasteiger partial charge < -0.3 is 5.73 Å². The maximum Gasteiger partial charge on any atom is 0.223 e. The second kappa shape index (κ2) is 5.42. The van der Waals surface area contributed by atoms with Crippen molar-refractivity contribution in [1.29, 1.82) is 0 Å². The lowest BCUT2D eigenvalue weighted by Crippen LogP contribution is -2.45. The highest BCUT2D eigenvalue weighted by atomic mass is 32.2. The van der Waals surface area contributed by atoms with Crippen molar-refractivity contribution < 1.29 is 8.42 Å². The zero-order chi connectivity index (χ0) is 12.3. The molecule has 0 aromatic carbocycles. The summed E-state index contributed by atoms with van der Waals surface area (Å²) in [5, 5.41) is -0.762. The molecule has 2 N–H and O–H groups in total. The molecule has 0 saturated heterocycles. The first-order valence-corrected chi connectivity index (χ1v) is 7.59. The van der Waals surface area contributed by atoms with E-state index in [1.807, 2.05) is 6.92 Å². The highest BCUT2D eigenvalue weighted by molar-refractivity contribution is 7.92. The standard InChI is InChI=1S/C10H20N2O2S2/c1-3-12(7-9-5-4-6-9)16(13,14)8(2)10(11)15/h8-9H,3-7H2,1-2H3,(H2,11,15). The van der Waals surface area contributed by atoms with Gasteiger partial charge in [0.05, 0.1) is 4.99 Å². The maximum absolute atomic E-state index is 12.1. The first-order valence-electron chi connectivity index (χ1n) is 5.67. The Morgan fingerprint density at radius 2 is 2.12 bits per heavy atom. The number of sulfonamides is 1. The van der Waals surface area contributed by atoms with Crippen molar-refractivity contribution in [2.75, 3.05) is 13.1 Å². The van der Waals surface area contributed by atoms with Gasteiger partial charge in [0.2, 0.25) is 10.0 Å². The van der Waals surface area contributed by atoms with E-state index >= 15 is 0 Å². The fourth-order valence-electron chi connectivity index (χ4n) is 1.75. The molecule has 0 aromatic heterocycles. The number of hydrogen-bond donors (Lipinski definition) is 1. The molecular formula is C10H20N2O2S2. The summed E-state index contributed by atoms with van der Waals surface area (Å²) in [5.41, 5.74) is 5.42. The molecular weight excluding hydrogens is 244 g/mol. The highest BCUT2D eigenvalue weighted by Gasteiger charge is 2.32. The fourth-order valence-corrected chi connectivity index (χ4v) is 3.63. The predicted octanol–water partition coefficient (Wildman–Crippen LogP) is 1.11. The molecule has 94 valence electrons. The van der Waals surface area contributed by atoms with Crippen molar-refractivity contribution in [3.8, 4) is 0 Å². The topological polar surface area (TPSA) is 63.4 Å². The molecule has 1 saturated carbocycles. The lowest BCUT2D eigenvalue weighted by Gasteiger charge is -2.32. The number of rotatable bonds is 6. The van der Waals surface area contributed by atoms with Crippen molar-refractivity contribution in [1.82, 2.24) is 4.31 Å². The minimum absolute atomic E-state index is 0.0482. The van der Waals surface area contributed by atoms with Crippen LogP contribution in [0.1, 0.15) is 33.1 Å². The Labute approximate surface area is 103 Å². The van der Waals surface area contributed by atoms with Crippen LogP contribution in [0.4, 0.5) is 0 Å². The van der Waals surface area contributed by atoms with Crippen molar-refractivity contribution in [2.45, 2.75) is 38.4 Å². The molecule has 4 nitrogen and oxygen atoms in total. The van der Waals surface area contributed by atoms with Gasteiger partial charge in [0, 0.05) is 13.1 Å². The summed E-state index contributed by atoms with van der Waals surface area (Å²) in [7, 11) is -3.35. The Balaban J connectivity index is 2.72. The molecule has 6 heteroatoms. The van der Waals surface area contributed by atoms with Crippen LogP contribution >= 0.6 is 12.2 Å². The molecule has 0 spiro atoms. The molecule has 1 aliphatic carbocycles. The monoisotopic (exact) mass is 264 g/mol. The summed E-state index contributed by atoms with van der Waals surface area (Å²) in [5.74, 6) is 0.522. The van der Waals surface area contributed by atoms with E-state index in [9.17, 15) is 8.42 Å². The average Bonchev–Trinajstić information content (AvgIpc) is 2.14. The van der Waals surface area contributed by atoms with E-state index in [1.165, 1.54) is 10.7 Å². The third-order valence-electron chi connectivity index (χ3n) is 3.25. The zero-order valence-corrected chi connectivity index (χ0v) is 11.5. The van der Waals surface area contributed by atoms with Crippen LogP contribution in [0.15, 0.2) is 0 Å². The Morgan fingerprint density at radius 1 is 1.56 bits per heavy atom. The maximum atomic E-state index is 12.1. The quantitative estimate of drug-likeness (QED) is 0.730. The zero-order valence-electron chi connectivity index (χ0n) is 9.85. The van der Waals surface area contributed by atoms with Crippen LogP contribution in [0.25, 0.3) is 0 Å². The second-order valence-corrected chi connectivity index (χ2v) is 7.06. The molecule has 16 heavy (non-hydrogen) atoms. The van der Waals surface area contributed by atoms with Crippen molar-refractivity contribution in [3.05, 3.63) is 0 Å². The van der Waals surface area contributed by atoms with E-state index in [-0.39, 0.29) is 4.99 Å². The molecule has 0 radical (unpaired) electrons. The molecule has 0 aromatic rings. The van der Waals surface area contributed by atoms with Crippen LogP contribution < -0.4 is 5.73 Å². The highest BCUT2D eigenvalue weighted by Crippen LogP contribution is 2.28. The molecule has 0 heterocycles. The van der Waals surface area contributed by atoms with E-state index < -0.39 is 15.3 Å². The average molecular weight is 264 g/mol. The third kappa shape index (κ3) is 2.93. The smallest absolute Gasteiger partial charge is 0.223 e. The lowest BCUT2D eigenvalue weighted by atomic mass is 9.85. The Kier molecular flexibility index (Phi) is 4.70. The summed E-state index contributed by atoms with van der Waals surface area (Å²) in [4.78, 5) is 0.0482. The van der Waals surface area contributed by atoms with Gasteiger partial charge in [0.1, 0.15) is 5.25 Å². The van der Waals surface area contributed by atoms with Gasteiger partial charge in [0.25, 0.3) is 0 Å². The van der Waals surface area contributed by atoms with Crippen LogP contribution in [0, 0.1) is 5.92 Å². The normalized spacial score (nSPS) is 19.4. The van der Waals surface area contributed by atoms with Crippen LogP contribution in [0.5, 0.6) is 0 Å². The van der Waals surface area contributed by atoms with Crippen molar-refractivity contribution in [3.63, 3.8) is 0 Å². The van der Waals surface area contributed by atoms with E-state index in [4.69, 9.17) is 18.0 Å². The van der Waals surface area contributed by atoms with Gasteiger partial charge >= 0.3 is 0 Å². The first-order chi connectivity index (χ1) is 7.39. The minimum Gasteiger partial charge on any atom is -0.392 e. The van der Waals surface area contributed by atoms with E-state index in [0.717, 1.165) is 12.8 Å². The van der Waals surface area contributed by atoms with Crippen LogP contribution in [-0.2, 0) is 10.0 Å². The van der Waals surface area contributed by atoms with Gasteiger partial charge in [-0.2, -0.15) is 0 Å². The van der Waals surface area contributed by atoms with E-state index in [1.54, 1.807) is 6.92 Å². The summed E-state index contributed by atoms with van der Waals surface area (Å²) in [6, 6.07) is 0.